The number of rotatable bonds is 1. The van der Waals surface area contributed by atoms with E-state index in [-0.39, 0.29) is 11.8 Å². The Bertz CT molecular complexity index is 423. The SMILES string of the molecule is Cn1cncc1C(=O)N1CCC(C#N)CC1. The van der Waals surface area contributed by atoms with Crippen molar-refractivity contribution in [3.05, 3.63) is 18.2 Å². The third kappa shape index (κ3) is 1.91. The molecule has 0 N–H and O–H groups in total. The molecule has 0 bridgehead atoms. The summed E-state index contributed by atoms with van der Waals surface area (Å²) in [7, 11) is 1.81. The van der Waals surface area contributed by atoms with Crippen molar-refractivity contribution in [1.29, 1.82) is 5.26 Å². The summed E-state index contributed by atoms with van der Waals surface area (Å²) in [5, 5.41) is 8.78. The third-order valence-corrected chi connectivity index (χ3v) is 3.00. The lowest BCUT2D eigenvalue weighted by atomic mass is 9.98. The maximum absolute atomic E-state index is 12.1. The van der Waals surface area contributed by atoms with Crippen LogP contribution in [0.1, 0.15) is 23.3 Å². The molecule has 0 radical (unpaired) electrons. The molecule has 0 spiro atoms. The number of aromatic nitrogens is 2. The van der Waals surface area contributed by atoms with Crippen LogP contribution in [0, 0.1) is 17.2 Å². The summed E-state index contributed by atoms with van der Waals surface area (Å²) in [6.45, 7) is 1.34. The molecule has 1 aromatic heterocycles. The zero-order valence-corrected chi connectivity index (χ0v) is 9.26. The number of amides is 1. The van der Waals surface area contributed by atoms with Gasteiger partial charge in [-0.3, -0.25) is 4.79 Å². The lowest BCUT2D eigenvalue weighted by molar-refractivity contribution is 0.0697. The van der Waals surface area contributed by atoms with Gasteiger partial charge < -0.3 is 9.47 Å². The molecule has 16 heavy (non-hydrogen) atoms. The minimum atomic E-state index is 0.0105. The van der Waals surface area contributed by atoms with Gasteiger partial charge in [-0.25, -0.2) is 4.98 Å². The number of nitriles is 1. The van der Waals surface area contributed by atoms with Crippen molar-refractivity contribution in [2.75, 3.05) is 13.1 Å². The van der Waals surface area contributed by atoms with E-state index < -0.39 is 0 Å². The van der Waals surface area contributed by atoms with Crippen LogP contribution in [0.25, 0.3) is 0 Å². The van der Waals surface area contributed by atoms with Gasteiger partial charge in [0, 0.05) is 26.1 Å². The van der Waals surface area contributed by atoms with Crippen LogP contribution in [0.5, 0.6) is 0 Å². The lowest BCUT2D eigenvalue weighted by Gasteiger charge is -2.29. The minimum Gasteiger partial charge on any atom is -0.337 e. The Balaban J connectivity index is 2.03. The van der Waals surface area contributed by atoms with E-state index in [1.54, 1.807) is 22.0 Å². The average molecular weight is 218 g/mol. The fourth-order valence-corrected chi connectivity index (χ4v) is 1.94. The molecule has 1 saturated heterocycles. The number of piperidine rings is 1. The first-order valence-electron chi connectivity index (χ1n) is 5.37. The fourth-order valence-electron chi connectivity index (χ4n) is 1.94. The van der Waals surface area contributed by atoms with Crippen LogP contribution in [0.2, 0.25) is 0 Å². The van der Waals surface area contributed by atoms with E-state index in [0.717, 1.165) is 12.8 Å². The molecule has 1 aliphatic heterocycles. The van der Waals surface area contributed by atoms with Gasteiger partial charge in [0.2, 0.25) is 0 Å². The maximum atomic E-state index is 12.1. The maximum Gasteiger partial charge on any atom is 0.272 e. The topological polar surface area (TPSA) is 61.9 Å². The third-order valence-electron chi connectivity index (χ3n) is 3.00. The Kier molecular flexibility index (Phi) is 2.91. The largest absolute Gasteiger partial charge is 0.337 e. The lowest BCUT2D eigenvalue weighted by Crippen LogP contribution is -2.38. The number of carbonyl (C=O) groups excluding carboxylic acids is 1. The summed E-state index contributed by atoms with van der Waals surface area (Å²) in [4.78, 5) is 17.8. The quantitative estimate of drug-likeness (QED) is 0.700. The Morgan fingerprint density at radius 3 is 2.75 bits per heavy atom. The number of likely N-dealkylation sites (tertiary alicyclic amines) is 1. The Labute approximate surface area is 94.3 Å². The van der Waals surface area contributed by atoms with Crippen LogP contribution < -0.4 is 0 Å². The van der Waals surface area contributed by atoms with E-state index in [1.807, 2.05) is 7.05 Å². The van der Waals surface area contributed by atoms with Gasteiger partial charge in [-0.2, -0.15) is 5.26 Å². The second-order valence-corrected chi connectivity index (χ2v) is 4.09. The van der Waals surface area contributed by atoms with Gasteiger partial charge in [0.1, 0.15) is 5.69 Å². The monoisotopic (exact) mass is 218 g/mol. The predicted molar refractivity (Wildman–Crippen MR) is 57.4 cm³/mol. The second-order valence-electron chi connectivity index (χ2n) is 4.09. The molecule has 5 nitrogen and oxygen atoms in total. The highest BCUT2D eigenvalue weighted by molar-refractivity contribution is 5.92. The molecule has 0 atom stereocenters. The molecule has 0 unspecified atom stereocenters. The normalized spacial score (nSPS) is 17.1. The number of hydrogen-bond acceptors (Lipinski definition) is 3. The molecule has 84 valence electrons. The Morgan fingerprint density at radius 2 is 2.25 bits per heavy atom. The number of hydrogen-bond donors (Lipinski definition) is 0. The van der Waals surface area contributed by atoms with Crippen LogP contribution in [-0.2, 0) is 7.05 Å². The molecule has 1 fully saturated rings. The van der Waals surface area contributed by atoms with Crippen LogP contribution in [0.15, 0.2) is 12.5 Å². The summed E-state index contributed by atoms with van der Waals surface area (Å²) in [6.07, 6.45) is 4.76. The molecule has 2 rings (SSSR count). The zero-order valence-electron chi connectivity index (χ0n) is 9.26. The zero-order chi connectivity index (χ0) is 11.5. The van der Waals surface area contributed by atoms with Gasteiger partial charge in [0.05, 0.1) is 18.6 Å². The standard InChI is InChI=1S/C11H14N4O/c1-14-8-13-7-10(14)11(16)15-4-2-9(6-12)3-5-15/h7-9H,2-5H2,1H3. The first-order valence-corrected chi connectivity index (χ1v) is 5.37. The van der Waals surface area contributed by atoms with Crippen molar-refractivity contribution in [2.24, 2.45) is 13.0 Å². The summed E-state index contributed by atoms with van der Waals surface area (Å²) in [6, 6.07) is 2.25. The van der Waals surface area contributed by atoms with Crippen molar-refractivity contribution >= 4 is 5.91 Å². The first kappa shape index (κ1) is 10.7. The van der Waals surface area contributed by atoms with Crippen molar-refractivity contribution in [2.45, 2.75) is 12.8 Å². The number of nitrogens with zero attached hydrogens (tertiary/aromatic N) is 4. The van der Waals surface area contributed by atoms with Gasteiger partial charge in [-0.15, -0.1) is 0 Å². The molecule has 0 aliphatic carbocycles. The molecule has 5 heteroatoms. The highest BCUT2D eigenvalue weighted by atomic mass is 16.2. The molecule has 0 saturated carbocycles. The van der Waals surface area contributed by atoms with Crippen molar-refractivity contribution < 1.29 is 4.79 Å². The van der Waals surface area contributed by atoms with E-state index in [2.05, 4.69) is 11.1 Å². The summed E-state index contributed by atoms with van der Waals surface area (Å²) in [5.74, 6) is 0.118. The molecular weight excluding hydrogens is 204 g/mol. The summed E-state index contributed by atoms with van der Waals surface area (Å²) < 4.78 is 1.72. The smallest absolute Gasteiger partial charge is 0.272 e. The average Bonchev–Trinajstić information content (AvgIpc) is 2.75. The van der Waals surface area contributed by atoms with Crippen LogP contribution in [0.3, 0.4) is 0 Å². The Hall–Kier alpha value is -1.83. The molecule has 1 aromatic rings. The van der Waals surface area contributed by atoms with E-state index in [1.165, 1.54) is 0 Å². The highest BCUT2D eigenvalue weighted by Gasteiger charge is 2.24. The van der Waals surface area contributed by atoms with Crippen LogP contribution >= 0.6 is 0 Å². The van der Waals surface area contributed by atoms with Gasteiger partial charge >= 0.3 is 0 Å². The van der Waals surface area contributed by atoms with Gasteiger partial charge in [-0.05, 0) is 12.8 Å². The van der Waals surface area contributed by atoms with Crippen molar-refractivity contribution in [1.82, 2.24) is 14.5 Å². The Morgan fingerprint density at radius 1 is 1.56 bits per heavy atom. The van der Waals surface area contributed by atoms with Gasteiger partial charge in [-0.1, -0.05) is 0 Å². The van der Waals surface area contributed by atoms with E-state index in [9.17, 15) is 4.79 Å². The number of aryl methyl sites for hydroxylation is 1. The molecule has 0 aromatic carbocycles. The van der Waals surface area contributed by atoms with Crippen molar-refractivity contribution in [3.63, 3.8) is 0 Å². The van der Waals surface area contributed by atoms with Gasteiger partial charge in [0.25, 0.3) is 5.91 Å². The van der Waals surface area contributed by atoms with Crippen molar-refractivity contribution in [3.8, 4) is 6.07 Å². The number of imidazole rings is 1. The highest BCUT2D eigenvalue weighted by Crippen LogP contribution is 2.17. The van der Waals surface area contributed by atoms with E-state index in [0.29, 0.717) is 18.8 Å². The summed E-state index contributed by atoms with van der Waals surface area (Å²) >= 11 is 0. The van der Waals surface area contributed by atoms with Crippen LogP contribution in [0.4, 0.5) is 0 Å². The van der Waals surface area contributed by atoms with Gasteiger partial charge in [0.15, 0.2) is 0 Å². The molecular formula is C11H14N4O. The molecule has 1 aliphatic rings. The van der Waals surface area contributed by atoms with Crippen LogP contribution in [-0.4, -0.2) is 33.4 Å². The minimum absolute atomic E-state index is 0.0105. The predicted octanol–water partition coefficient (Wildman–Crippen LogP) is 0.796. The fraction of sp³-hybridized carbons (Fsp3) is 0.545. The number of carbonyl (C=O) groups is 1. The molecule has 1 amide bonds. The molecule has 2 heterocycles. The van der Waals surface area contributed by atoms with E-state index in [4.69, 9.17) is 5.26 Å². The first-order chi connectivity index (χ1) is 7.72. The van der Waals surface area contributed by atoms with E-state index >= 15 is 0 Å². The second kappa shape index (κ2) is 4.35. The summed E-state index contributed by atoms with van der Waals surface area (Å²) in [5.41, 5.74) is 0.607.